The maximum absolute atomic E-state index is 13.0. The molecule has 78 valence electrons. The van der Waals surface area contributed by atoms with E-state index in [1.54, 1.807) is 6.08 Å². The highest BCUT2D eigenvalue weighted by Crippen LogP contribution is 2.43. The van der Waals surface area contributed by atoms with Crippen molar-refractivity contribution in [3.8, 4) is 0 Å². The molecule has 2 heteroatoms. The summed E-state index contributed by atoms with van der Waals surface area (Å²) in [5.41, 5.74) is 1.08. The van der Waals surface area contributed by atoms with Gasteiger partial charge in [0.05, 0.1) is 0 Å². The van der Waals surface area contributed by atoms with E-state index in [1.807, 2.05) is 13.8 Å². The number of allylic oxidation sites excluding steroid dienone is 2. The summed E-state index contributed by atoms with van der Waals surface area (Å²) in [5, 5.41) is 0. The first-order valence-corrected chi connectivity index (χ1v) is 5.38. The minimum atomic E-state index is -0.428. The molecule has 1 fully saturated rings. The zero-order valence-corrected chi connectivity index (χ0v) is 8.90. The van der Waals surface area contributed by atoms with Gasteiger partial charge in [-0.15, -0.1) is 0 Å². The highest BCUT2D eigenvalue weighted by Gasteiger charge is 2.34. The van der Waals surface area contributed by atoms with Gasteiger partial charge in [0.15, 0.2) is 0 Å². The van der Waals surface area contributed by atoms with Gasteiger partial charge in [0, 0.05) is 11.5 Å². The lowest BCUT2D eigenvalue weighted by Gasteiger charge is -2.23. The van der Waals surface area contributed by atoms with Crippen LogP contribution >= 0.6 is 0 Å². The predicted molar refractivity (Wildman–Crippen MR) is 54.2 cm³/mol. The average molecular weight is 196 g/mol. The van der Waals surface area contributed by atoms with Gasteiger partial charge in [-0.3, -0.25) is 0 Å². The van der Waals surface area contributed by atoms with Crippen LogP contribution in [-0.4, -0.2) is 0 Å². The van der Waals surface area contributed by atoms with Crippen LogP contribution in [0.2, 0.25) is 0 Å². The van der Waals surface area contributed by atoms with E-state index in [0.717, 1.165) is 18.6 Å². The fourth-order valence-corrected chi connectivity index (χ4v) is 2.34. The molecule has 0 amide bonds. The number of halogens is 1. The zero-order chi connectivity index (χ0) is 10.2. The smallest absolute Gasteiger partial charge is 0.274 e. The molecular weight excluding hydrogens is 179 g/mol. The van der Waals surface area contributed by atoms with E-state index in [0.29, 0.717) is 0 Å². The van der Waals surface area contributed by atoms with Gasteiger partial charge in [-0.05, 0) is 45.1 Å². The molecule has 1 saturated carbocycles. The summed E-state index contributed by atoms with van der Waals surface area (Å²) in [6.07, 6.45) is 7.48. The average Bonchev–Trinajstić information content (AvgIpc) is 2.41. The first kappa shape index (κ1) is 9.75. The summed E-state index contributed by atoms with van der Waals surface area (Å²) < 4.78 is 18.2. The SMILES string of the molecule is CC1(C)C=C(F)OC1=C1CCCCC1. The van der Waals surface area contributed by atoms with Crippen molar-refractivity contribution in [2.24, 2.45) is 5.41 Å². The first-order valence-electron chi connectivity index (χ1n) is 5.38. The Labute approximate surface area is 84.6 Å². The normalized spacial score (nSPS) is 26.1. The van der Waals surface area contributed by atoms with Crippen LogP contribution in [0.15, 0.2) is 23.4 Å². The third kappa shape index (κ3) is 1.70. The molecule has 14 heavy (non-hydrogen) atoms. The molecule has 0 spiro atoms. The molecule has 2 aliphatic rings. The van der Waals surface area contributed by atoms with Crippen LogP contribution in [0.1, 0.15) is 46.0 Å². The highest BCUT2D eigenvalue weighted by molar-refractivity contribution is 5.27. The van der Waals surface area contributed by atoms with Crippen LogP contribution in [0, 0.1) is 5.41 Å². The molecule has 1 aliphatic heterocycles. The molecule has 0 aromatic rings. The molecule has 0 aromatic carbocycles. The highest BCUT2D eigenvalue weighted by atomic mass is 19.1. The number of hydrogen-bond donors (Lipinski definition) is 0. The third-order valence-electron chi connectivity index (χ3n) is 3.04. The number of hydrogen-bond acceptors (Lipinski definition) is 1. The molecule has 0 aromatic heterocycles. The van der Waals surface area contributed by atoms with Crippen molar-refractivity contribution in [2.45, 2.75) is 46.0 Å². The Morgan fingerprint density at radius 2 is 1.86 bits per heavy atom. The molecular formula is C12H17FO. The van der Waals surface area contributed by atoms with Gasteiger partial charge in [-0.2, -0.15) is 4.39 Å². The Kier molecular flexibility index (Phi) is 2.38. The van der Waals surface area contributed by atoms with Crippen LogP contribution in [0.4, 0.5) is 4.39 Å². The lowest BCUT2D eigenvalue weighted by Crippen LogP contribution is -2.12. The molecule has 2 rings (SSSR count). The number of ether oxygens (including phenoxy) is 1. The maximum atomic E-state index is 13.0. The van der Waals surface area contributed by atoms with Crippen LogP contribution in [0.3, 0.4) is 0 Å². The van der Waals surface area contributed by atoms with Crippen molar-refractivity contribution < 1.29 is 9.13 Å². The first-order chi connectivity index (χ1) is 6.59. The predicted octanol–water partition coefficient (Wildman–Crippen LogP) is 4.07. The third-order valence-corrected chi connectivity index (χ3v) is 3.04. The summed E-state index contributed by atoms with van der Waals surface area (Å²) >= 11 is 0. The van der Waals surface area contributed by atoms with Crippen LogP contribution < -0.4 is 0 Å². The van der Waals surface area contributed by atoms with Crippen LogP contribution in [0.25, 0.3) is 0 Å². The molecule has 1 heterocycles. The van der Waals surface area contributed by atoms with E-state index in [1.165, 1.54) is 24.8 Å². The molecule has 0 atom stereocenters. The zero-order valence-electron chi connectivity index (χ0n) is 8.90. The molecule has 0 N–H and O–H groups in total. The summed E-state index contributed by atoms with van der Waals surface area (Å²) in [4.78, 5) is 0. The van der Waals surface area contributed by atoms with Crippen molar-refractivity contribution >= 4 is 0 Å². The van der Waals surface area contributed by atoms with Crippen molar-refractivity contribution in [2.75, 3.05) is 0 Å². The second-order valence-corrected chi connectivity index (χ2v) is 4.77. The van der Waals surface area contributed by atoms with Gasteiger partial charge in [0.1, 0.15) is 5.76 Å². The van der Waals surface area contributed by atoms with Crippen LogP contribution in [-0.2, 0) is 4.74 Å². The van der Waals surface area contributed by atoms with E-state index < -0.39 is 6.01 Å². The largest absolute Gasteiger partial charge is 0.436 e. The topological polar surface area (TPSA) is 9.23 Å². The van der Waals surface area contributed by atoms with E-state index in [2.05, 4.69) is 0 Å². The standard InChI is InChI=1S/C12H17FO/c1-12(2)8-10(13)14-11(12)9-6-4-3-5-7-9/h8H,3-7H2,1-2H3. The Hall–Kier alpha value is -0.790. The summed E-state index contributed by atoms with van der Waals surface area (Å²) in [7, 11) is 0. The Bertz CT molecular complexity index is 291. The molecule has 0 radical (unpaired) electrons. The number of rotatable bonds is 0. The second kappa shape index (κ2) is 3.41. The Morgan fingerprint density at radius 3 is 2.36 bits per heavy atom. The molecule has 0 unspecified atom stereocenters. The Morgan fingerprint density at radius 1 is 1.21 bits per heavy atom. The van der Waals surface area contributed by atoms with Crippen LogP contribution in [0.5, 0.6) is 0 Å². The minimum absolute atomic E-state index is 0.239. The summed E-state index contributed by atoms with van der Waals surface area (Å²) in [6, 6.07) is -0.428. The Balaban J connectivity index is 2.26. The van der Waals surface area contributed by atoms with Gasteiger partial charge in [-0.25, -0.2) is 0 Å². The molecule has 1 nitrogen and oxygen atoms in total. The van der Waals surface area contributed by atoms with E-state index in [-0.39, 0.29) is 5.41 Å². The summed E-state index contributed by atoms with van der Waals surface area (Å²) in [6.45, 7) is 4.02. The quantitative estimate of drug-likeness (QED) is 0.567. The van der Waals surface area contributed by atoms with E-state index >= 15 is 0 Å². The van der Waals surface area contributed by atoms with Gasteiger partial charge >= 0.3 is 0 Å². The lowest BCUT2D eigenvalue weighted by molar-refractivity contribution is 0.204. The van der Waals surface area contributed by atoms with Gasteiger partial charge < -0.3 is 4.74 Å². The van der Waals surface area contributed by atoms with Gasteiger partial charge in [0.25, 0.3) is 6.01 Å². The van der Waals surface area contributed by atoms with Gasteiger partial charge in [-0.1, -0.05) is 6.42 Å². The summed E-state index contributed by atoms with van der Waals surface area (Å²) in [5.74, 6) is 0.870. The van der Waals surface area contributed by atoms with Crippen molar-refractivity contribution in [3.05, 3.63) is 23.4 Å². The molecule has 0 saturated heterocycles. The molecule has 1 aliphatic carbocycles. The van der Waals surface area contributed by atoms with Crippen molar-refractivity contribution in [1.29, 1.82) is 0 Å². The molecule has 0 bridgehead atoms. The van der Waals surface area contributed by atoms with E-state index in [9.17, 15) is 4.39 Å². The fourth-order valence-electron chi connectivity index (χ4n) is 2.34. The lowest BCUT2D eigenvalue weighted by atomic mass is 9.84. The fraction of sp³-hybridized carbons (Fsp3) is 0.667. The maximum Gasteiger partial charge on any atom is 0.274 e. The van der Waals surface area contributed by atoms with Crippen molar-refractivity contribution in [1.82, 2.24) is 0 Å². The van der Waals surface area contributed by atoms with E-state index in [4.69, 9.17) is 4.74 Å². The van der Waals surface area contributed by atoms with Crippen molar-refractivity contribution in [3.63, 3.8) is 0 Å². The second-order valence-electron chi connectivity index (χ2n) is 4.77. The minimum Gasteiger partial charge on any atom is -0.436 e. The van der Waals surface area contributed by atoms with Gasteiger partial charge in [0.2, 0.25) is 0 Å². The monoisotopic (exact) mass is 196 g/mol.